The van der Waals surface area contributed by atoms with E-state index in [1.807, 2.05) is 19.1 Å². The lowest BCUT2D eigenvalue weighted by atomic mass is 10.1. The summed E-state index contributed by atoms with van der Waals surface area (Å²) >= 11 is 6.80. The summed E-state index contributed by atoms with van der Waals surface area (Å²) in [5.74, 6) is -1.52. The van der Waals surface area contributed by atoms with Crippen LogP contribution in [-0.4, -0.2) is 17.8 Å². The zero-order valence-electron chi connectivity index (χ0n) is 16.6. The molecule has 0 N–H and O–H groups in total. The smallest absolute Gasteiger partial charge is 0.363 e. The van der Waals surface area contributed by atoms with E-state index in [9.17, 15) is 14.0 Å². The molecular weight excluding hydrogens is 545 g/mol. The molecule has 1 aliphatic heterocycles. The van der Waals surface area contributed by atoms with Crippen LogP contribution in [0.15, 0.2) is 80.3 Å². The number of benzene rings is 3. The van der Waals surface area contributed by atoms with E-state index < -0.39 is 17.8 Å². The Hall–Kier alpha value is -3.10. The van der Waals surface area contributed by atoms with Gasteiger partial charge in [0.15, 0.2) is 11.4 Å². The molecule has 3 aromatic rings. The highest BCUT2D eigenvalue weighted by atomic mass is 79.9. The van der Waals surface area contributed by atoms with Crippen molar-refractivity contribution in [3.8, 4) is 5.75 Å². The Labute approximate surface area is 199 Å². The number of carbonyl (C=O) groups excluding carboxylic acids is 2. The summed E-state index contributed by atoms with van der Waals surface area (Å²) in [7, 11) is 0. The molecule has 0 spiro atoms. The second-order valence-corrected chi connectivity index (χ2v) is 8.54. The Kier molecular flexibility index (Phi) is 6.34. The quantitative estimate of drug-likeness (QED) is 0.216. The first-order chi connectivity index (χ1) is 15.3. The van der Waals surface area contributed by atoms with Crippen molar-refractivity contribution in [2.24, 2.45) is 4.99 Å². The van der Waals surface area contributed by atoms with E-state index in [2.05, 4.69) is 36.9 Å². The fourth-order valence-electron chi connectivity index (χ4n) is 3.03. The van der Waals surface area contributed by atoms with Crippen LogP contribution in [0, 0.1) is 12.7 Å². The van der Waals surface area contributed by atoms with Crippen molar-refractivity contribution < 1.29 is 23.5 Å². The number of halogens is 3. The highest BCUT2D eigenvalue weighted by Gasteiger charge is 2.26. The van der Waals surface area contributed by atoms with Crippen LogP contribution in [0.3, 0.4) is 0 Å². The number of hydrogen-bond acceptors (Lipinski definition) is 5. The summed E-state index contributed by atoms with van der Waals surface area (Å²) in [6, 6.07) is 16.4. The minimum atomic E-state index is -0.689. The molecule has 0 saturated carbocycles. The zero-order valence-corrected chi connectivity index (χ0v) is 19.7. The maximum atomic E-state index is 14.0. The lowest BCUT2D eigenvalue weighted by Crippen LogP contribution is -2.11. The average Bonchev–Trinajstić information content (AvgIpc) is 3.11. The summed E-state index contributed by atoms with van der Waals surface area (Å²) in [5, 5.41) is 0. The van der Waals surface area contributed by atoms with E-state index in [4.69, 9.17) is 9.47 Å². The van der Waals surface area contributed by atoms with Crippen LogP contribution in [0.25, 0.3) is 6.08 Å². The van der Waals surface area contributed by atoms with Gasteiger partial charge in [-0.2, -0.15) is 0 Å². The molecule has 1 heterocycles. The van der Waals surface area contributed by atoms with Crippen LogP contribution >= 0.6 is 31.9 Å². The van der Waals surface area contributed by atoms with Crippen LogP contribution in [0.2, 0.25) is 0 Å². The zero-order chi connectivity index (χ0) is 22.8. The third-order valence-electron chi connectivity index (χ3n) is 4.61. The molecule has 0 unspecified atom stereocenters. The molecule has 0 bridgehead atoms. The molecule has 32 heavy (non-hydrogen) atoms. The number of aliphatic imine (C=N–C) groups is 1. The first-order valence-corrected chi connectivity index (χ1v) is 11.0. The number of carbonyl (C=O) groups is 2. The predicted molar refractivity (Wildman–Crippen MR) is 125 cm³/mol. The second-order valence-electron chi connectivity index (χ2n) is 6.83. The standard InChI is InChI=1S/C24H14Br2FNO4/c1-13-6-2-3-7-15(13)23(29)31-21-17(25)10-14(11-18(21)26)12-20-24(30)32-22(28-20)16-8-4-5-9-19(16)27/h2-12H,1H3/b20-12-. The highest BCUT2D eigenvalue weighted by Crippen LogP contribution is 2.36. The lowest BCUT2D eigenvalue weighted by molar-refractivity contribution is -0.129. The van der Waals surface area contributed by atoms with Crippen molar-refractivity contribution in [1.82, 2.24) is 0 Å². The number of hydrogen-bond donors (Lipinski definition) is 0. The van der Waals surface area contributed by atoms with Crippen molar-refractivity contribution in [3.05, 3.63) is 103 Å². The van der Waals surface area contributed by atoms with Gasteiger partial charge in [-0.05, 0) is 86.3 Å². The summed E-state index contributed by atoms with van der Waals surface area (Å²) in [6.45, 7) is 1.83. The largest absolute Gasteiger partial charge is 0.420 e. The Bertz CT molecular complexity index is 1290. The predicted octanol–water partition coefficient (Wildman–Crippen LogP) is 6.22. The summed E-state index contributed by atoms with van der Waals surface area (Å²) in [5.41, 5.74) is 1.97. The number of aryl methyl sites for hydroxylation is 1. The van der Waals surface area contributed by atoms with E-state index >= 15 is 0 Å². The fraction of sp³-hybridized carbons (Fsp3) is 0.0417. The van der Waals surface area contributed by atoms with Gasteiger partial charge in [0, 0.05) is 0 Å². The van der Waals surface area contributed by atoms with Crippen molar-refractivity contribution in [2.75, 3.05) is 0 Å². The minimum Gasteiger partial charge on any atom is -0.420 e. The van der Waals surface area contributed by atoms with Crippen LogP contribution in [0.5, 0.6) is 5.75 Å². The van der Waals surface area contributed by atoms with E-state index in [1.54, 1.807) is 30.3 Å². The number of rotatable bonds is 4. The first kappa shape index (κ1) is 22.1. The van der Waals surface area contributed by atoms with Gasteiger partial charge in [0.1, 0.15) is 5.82 Å². The Balaban J connectivity index is 1.61. The van der Waals surface area contributed by atoms with Gasteiger partial charge < -0.3 is 9.47 Å². The number of cyclic esters (lactones) is 1. The molecule has 0 aromatic heterocycles. The third kappa shape index (κ3) is 4.56. The third-order valence-corrected chi connectivity index (χ3v) is 5.79. The van der Waals surface area contributed by atoms with Gasteiger partial charge in [-0.15, -0.1) is 0 Å². The summed E-state index contributed by atoms with van der Waals surface area (Å²) in [6.07, 6.45) is 1.50. The molecule has 0 saturated heterocycles. The molecule has 0 aliphatic carbocycles. The van der Waals surface area contributed by atoms with Crippen molar-refractivity contribution in [3.63, 3.8) is 0 Å². The van der Waals surface area contributed by atoms with Crippen molar-refractivity contribution in [1.29, 1.82) is 0 Å². The van der Waals surface area contributed by atoms with E-state index in [0.29, 0.717) is 25.8 Å². The topological polar surface area (TPSA) is 65.0 Å². The van der Waals surface area contributed by atoms with Gasteiger partial charge in [-0.3, -0.25) is 0 Å². The van der Waals surface area contributed by atoms with Gasteiger partial charge in [0.25, 0.3) is 0 Å². The van der Waals surface area contributed by atoms with Gasteiger partial charge in [-0.1, -0.05) is 30.3 Å². The van der Waals surface area contributed by atoms with Crippen LogP contribution in [0.4, 0.5) is 4.39 Å². The van der Waals surface area contributed by atoms with E-state index in [0.717, 1.165) is 5.56 Å². The monoisotopic (exact) mass is 557 g/mol. The normalized spacial score (nSPS) is 14.3. The molecule has 8 heteroatoms. The summed E-state index contributed by atoms with van der Waals surface area (Å²) in [4.78, 5) is 28.9. The molecule has 0 amide bonds. The number of nitrogens with zero attached hydrogens (tertiary/aromatic N) is 1. The van der Waals surface area contributed by atoms with Crippen molar-refractivity contribution in [2.45, 2.75) is 6.92 Å². The molecule has 0 fully saturated rings. The molecular formula is C24H14Br2FNO4. The van der Waals surface area contributed by atoms with Gasteiger partial charge in [0.2, 0.25) is 5.90 Å². The molecule has 5 nitrogen and oxygen atoms in total. The maximum absolute atomic E-state index is 14.0. The molecule has 160 valence electrons. The van der Waals surface area contributed by atoms with Gasteiger partial charge in [0.05, 0.1) is 20.1 Å². The second kappa shape index (κ2) is 9.18. The molecule has 0 radical (unpaired) electrons. The number of esters is 2. The number of ether oxygens (including phenoxy) is 2. The van der Waals surface area contributed by atoms with Crippen LogP contribution in [-0.2, 0) is 9.53 Å². The van der Waals surface area contributed by atoms with Crippen LogP contribution in [0.1, 0.15) is 27.0 Å². The lowest BCUT2D eigenvalue weighted by Gasteiger charge is -2.11. The Morgan fingerprint density at radius 3 is 2.41 bits per heavy atom. The van der Waals surface area contributed by atoms with Gasteiger partial charge >= 0.3 is 11.9 Å². The van der Waals surface area contributed by atoms with Gasteiger partial charge in [-0.25, -0.2) is 19.0 Å². The first-order valence-electron chi connectivity index (χ1n) is 9.38. The SMILES string of the molecule is Cc1ccccc1C(=O)Oc1c(Br)cc(/C=C2\N=C(c3ccccc3F)OC2=O)cc1Br. The Morgan fingerprint density at radius 2 is 1.72 bits per heavy atom. The minimum absolute atomic E-state index is 0.0201. The Morgan fingerprint density at radius 1 is 1.06 bits per heavy atom. The molecule has 4 rings (SSSR count). The van der Waals surface area contributed by atoms with E-state index in [1.165, 1.54) is 24.3 Å². The summed E-state index contributed by atoms with van der Waals surface area (Å²) < 4.78 is 25.6. The molecule has 1 aliphatic rings. The van der Waals surface area contributed by atoms with Crippen LogP contribution < -0.4 is 4.74 Å². The van der Waals surface area contributed by atoms with E-state index in [-0.39, 0.29) is 17.2 Å². The molecule has 0 atom stereocenters. The molecule has 3 aromatic carbocycles. The fourth-order valence-corrected chi connectivity index (χ4v) is 4.41. The maximum Gasteiger partial charge on any atom is 0.363 e. The van der Waals surface area contributed by atoms with Crippen molar-refractivity contribution >= 4 is 55.8 Å². The average molecular weight is 559 g/mol. The highest BCUT2D eigenvalue weighted by molar-refractivity contribution is 9.11.